The van der Waals surface area contributed by atoms with E-state index in [1.165, 1.54) is 144 Å². The van der Waals surface area contributed by atoms with Crippen molar-refractivity contribution in [2.75, 3.05) is 0 Å². The molecular formula is C112H150. The van der Waals surface area contributed by atoms with Crippen LogP contribution in [0.2, 0.25) is 0 Å². The number of hydrogen-bond donors (Lipinski definition) is 0. The largest absolute Gasteiger partial charge is 0.0683 e. The first-order valence-corrected chi connectivity index (χ1v) is 43.2. The summed E-state index contributed by atoms with van der Waals surface area (Å²) in [5.74, 6) is 0. The summed E-state index contributed by atoms with van der Waals surface area (Å²) >= 11 is 0. The van der Waals surface area contributed by atoms with E-state index in [1.54, 1.807) is 0 Å². The van der Waals surface area contributed by atoms with Gasteiger partial charge in [-0.1, -0.05) is 521 Å². The first-order chi connectivity index (χ1) is 55.4. The molecular weight excluding hydrogens is 1350 g/mol. The Balaban J connectivity index is -0.00000139. The average molecular weight is 1500 g/mol. The predicted molar refractivity (Wildman–Crippen MR) is 521 cm³/mol. The van der Waals surface area contributed by atoms with Crippen molar-refractivity contribution >= 4 is 21.5 Å². The molecule has 14 aromatic carbocycles. The molecule has 0 atom stereocenters. The molecule has 0 aliphatic carbocycles. The minimum absolute atomic E-state index is 1.25. The standard InChI is InChI=1S/2C32H26.C20H14.14C2H6/c1-23-29(25-15-7-3-8-16-25)31(27-19-11-5-12-20-27)24(2)32(28-21-13-6-14-22-28)30(23)26-17-9-4-10-18-26;1-23-29(25-15-7-3-8-16-25)24(2)31(27-19-11-5-12-20-27)32(28-21-13-6-14-22-28)30(23)26-17-9-4-10-18-26;1-3-11-17-15(7-1)9-5-13-19(17)20-14-6-10-16-8-2-4-12-18(16)20;14*1-2/h2*3-22H,1-2H3;1-14H;14*1-2H3. The average Bonchev–Trinajstić information content (AvgIpc) is 0.738. The molecule has 0 unspecified atom stereocenters. The maximum Gasteiger partial charge on any atom is -0.00210 e. The van der Waals surface area contributed by atoms with Crippen LogP contribution in [0.5, 0.6) is 0 Å². The van der Waals surface area contributed by atoms with Gasteiger partial charge >= 0.3 is 0 Å². The topological polar surface area (TPSA) is 0 Å². The first-order valence-electron chi connectivity index (χ1n) is 43.2. The molecule has 0 saturated carbocycles. The van der Waals surface area contributed by atoms with E-state index in [-0.39, 0.29) is 0 Å². The maximum atomic E-state index is 2.28. The summed E-state index contributed by atoms with van der Waals surface area (Å²) in [6, 6.07) is 117. The van der Waals surface area contributed by atoms with Crippen LogP contribution in [0.25, 0.3) is 122 Å². The zero-order chi connectivity index (χ0) is 85.2. The van der Waals surface area contributed by atoms with E-state index < -0.39 is 0 Å². The lowest BCUT2D eigenvalue weighted by atomic mass is 9.78. The molecule has 0 N–H and O–H groups in total. The Bertz CT molecular complexity index is 4130. The fourth-order valence-corrected chi connectivity index (χ4v) is 12.7. The fraction of sp³-hybridized carbons (Fsp3) is 0.286. The Kier molecular flexibility index (Phi) is 63.7. The molecule has 0 aromatic heterocycles. The summed E-state index contributed by atoms with van der Waals surface area (Å²) in [5, 5.41) is 5.20. The summed E-state index contributed by atoms with van der Waals surface area (Å²) < 4.78 is 0. The van der Waals surface area contributed by atoms with Gasteiger partial charge in [-0.15, -0.1) is 0 Å². The van der Waals surface area contributed by atoms with Crippen molar-refractivity contribution in [3.63, 3.8) is 0 Å². The summed E-state index contributed by atoms with van der Waals surface area (Å²) in [6.45, 7) is 65.1. The molecule has 0 nitrogen and oxygen atoms in total. The molecule has 0 amide bonds. The van der Waals surface area contributed by atoms with Gasteiger partial charge in [0.15, 0.2) is 0 Å². The molecule has 0 spiro atoms. The van der Waals surface area contributed by atoms with Crippen molar-refractivity contribution in [3.8, 4) is 100 Å². The van der Waals surface area contributed by atoms with Crippen LogP contribution in [0.3, 0.4) is 0 Å². The number of rotatable bonds is 9. The van der Waals surface area contributed by atoms with E-state index >= 15 is 0 Å². The van der Waals surface area contributed by atoms with Crippen LogP contribution in [-0.2, 0) is 0 Å². The SMILES string of the molecule is CC.CC.CC.CC.CC.CC.CC.CC.CC.CC.CC.CC.CC.CC.Cc1c(-c2ccccc2)c(-c2ccccc2)c(C)c(-c2ccccc2)c1-c1ccccc1.Cc1c(-c2ccccc2)c(C)c(-c2ccccc2)c(-c2ccccc2)c1-c1ccccc1.c1ccc2c(-c3cccc4ccccc34)cccc2c1. The highest BCUT2D eigenvalue weighted by atomic mass is 14.3. The van der Waals surface area contributed by atoms with E-state index in [4.69, 9.17) is 0 Å². The molecule has 14 rings (SSSR count). The third kappa shape index (κ3) is 30.0. The lowest BCUT2D eigenvalue weighted by Gasteiger charge is -2.25. The van der Waals surface area contributed by atoms with Gasteiger partial charge in [-0.3, -0.25) is 0 Å². The summed E-state index contributed by atoms with van der Waals surface area (Å²) in [7, 11) is 0. The van der Waals surface area contributed by atoms with Gasteiger partial charge in [0, 0.05) is 0 Å². The second kappa shape index (κ2) is 67.5. The lowest BCUT2D eigenvalue weighted by Crippen LogP contribution is -2.01. The highest BCUT2D eigenvalue weighted by Crippen LogP contribution is 2.50. The third-order valence-corrected chi connectivity index (χ3v) is 16.4. The smallest absolute Gasteiger partial charge is 0.00210 e. The first kappa shape index (κ1) is 106. The van der Waals surface area contributed by atoms with Crippen molar-refractivity contribution < 1.29 is 0 Å². The summed E-state index contributed by atoms with van der Waals surface area (Å²) in [4.78, 5) is 0. The fourth-order valence-electron chi connectivity index (χ4n) is 12.7. The number of hydrogen-bond acceptors (Lipinski definition) is 0. The van der Waals surface area contributed by atoms with E-state index in [0.29, 0.717) is 0 Å². The lowest BCUT2D eigenvalue weighted by molar-refractivity contribution is 1.37. The predicted octanol–water partition coefficient (Wildman–Crippen LogP) is 38.0. The van der Waals surface area contributed by atoms with Gasteiger partial charge in [0.1, 0.15) is 0 Å². The van der Waals surface area contributed by atoms with Crippen LogP contribution in [0.4, 0.5) is 0 Å². The Labute approximate surface area is 688 Å². The second-order valence-electron chi connectivity index (χ2n) is 21.5. The van der Waals surface area contributed by atoms with Gasteiger partial charge in [-0.2, -0.15) is 0 Å². The van der Waals surface area contributed by atoms with Gasteiger partial charge in [-0.05, 0) is 172 Å². The molecule has 0 saturated heterocycles. The Morgan fingerprint density at radius 3 is 0.446 bits per heavy atom. The van der Waals surface area contributed by atoms with E-state index in [9.17, 15) is 0 Å². The Hall–Kier alpha value is -10.4. The van der Waals surface area contributed by atoms with Crippen molar-refractivity contribution in [2.24, 2.45) is 0 Å². The third-order valence-electron chi connectivity index (χ3n) is 16.4. The van der Waals surface area contributed by atoms with Gasteiger partial charge in [-0.25, -0.2) is 0 Å². The van der Waals surface area contributed by atoms with Gasteiger partial charge < -0.3 is 0 Å². The Morgan fingerprint density at radius 2 is 0.250 bits per heavy atom. The van der Waals surface area contributed by atoms with Crippen molar-refractivity contribution in [2.45, 2.75) is 222 Å². The molecule has 0 fully saturated rings. The molecule has 0 heteroatoms. The molecule has 0 radical (unpaired) electrons. The second-order valence-corrected chi connectivity index (χ2v) is 21.5. The van der Waals surface area contributed by atoms with Crippen molar-refractivity contribution in [3.05, 3.63) is 350 Å². The monoisotopic (exact) mass is 1500 g/mol. The van der Waals surface area contributed by atoms with E-state index in [2.05, 4.69) is 355 Å². The van der Waals surface area contributed by atoms with Crippen molar-refractivity contribution in [1.29, 1.82) is 0 Å². The van der Waals surface area contributed by atoms with Crippen LogP contribution in [0.1, 0.15) is 216 Å². The van der Waals surface area contributed by atoms with Crippen LogP contribution in [0.15, 0.2) is 328 Å². The molecule has 0 aliphatic heterocycles. The molecule has 0 bridgehead atoms. The molecule has 598 valence electrons. The minimum atomic E-state index is 1.25. The number of fused-ring (bicyclic) bond motifs is 2. The van der Waals surface area contributed by atoms with Crippen LogP contribution < -0.4 is 0 Å². The quantitative estimate of drug-likeness (QED) is 0.135. The van der Waals surface area contributed by atoms with Crippen LogP contribution >= 0.6 is 0 Å². The van der Waals surface area contributed by atoms with E-state index in [0.717, 1.165) is 0 Å². The van der Waals surface area contributed by atoms with Gasteiger partial charge in [0.05, 0.1) is 0 Å². The molecule has 0 aliphatic rings. The minimum Gasteiger partial charge on any atom is -0.0683 e. The van der Waals surface area contributed by atoms with Crippen LogP contribution in [-0.4, -0.2) is 0 Å². The molecule has 0 heterocycles. The normalized spacial score (nSPS) is 8.89. The zero-order valence-electron chi connectivity index (χ0n) is 76.2. The van der Waals surface area contributed by atoms with Gasteiger partial charge in [0.25, 0.3) is 0 Å². The maximum absolute atomic E-state index is 2.28. The highest BCUT2D eigenvalue weighted by molar-refractivity contribution is 6.06. The molecule has 14 aromatic rings. The zero-order valence-corrected chi connectivity index (χ0v) is 76.2. The van der Waals surface area contributed by atoms with Gasteiger partial charge in [0.2, 0.25) is 0 Å². The summed E-state index contributed by atoms with van der Waals surface area (Å²) in [6.07, 6.45) is 0. The highest BCUT2D eigenvalue weighted by Gasteiger charge is 2.25. The van der Waals surface area contributed by atoms with Crippen LogP contribution in [0, 0.1) is 27.7 Å². The number of benzene rings is 14. The van der Waals surface area contributed by atoms with Crippen molar-refractivity contribution in [1.82, 2.24) is 0 Å². The van der Waals surface area contributed by atoms with E-state index in [1.807, 2.05) is 194 Å². The summed E-state index contributed by atoms with van der Waals surface area (Å²) in [5.41, 5.74) is 28.4. The Morgan fingerprint density at radius 1 is 0.116 bits per heavy atom. The molecule has 112 heavy (non-hydrogen) atoms.